The Morgan fingerprint density at radius 3 is 2.35 bits per heavy atom. The van der Waals surface area contributed by atoms with Gasteiger partial charge in [-0.15, -0.1) is 0 Å². The van der Waals surface area contributed by atoms with Gasteiger partial charge in [0.25, 0.3) is 0 Å². The fourth-order valence-corrected chi connectivity index (χ4v) is 1.75. The summed E-state index contributed by atoms with van der Waals surface area (Å²) in [7, 11) is 0. The SMILES string of the molecule is Cc1ccc(COc2ccc(C=CC(=O)Cl)cc2)cc1. The quantitative estimate of drug-likeness (QED) is 0.603. The molecule has 2 aromatic rings. The van der Waals surface area contributed by atoms with Crippen molar-refractivity contribution in [2.45, 2.75) is 13.5 Å². The monoisotopic (exact) mass is 286 g/mol. The average molecular weight is 287 g/mol. The molecule has 0 saturated heterocycles. The zero-order valence-electron chi connectivity index (χ0n) is 11.2. The summed E-state index contributed by atoms with van der Waals surface area (Å²) in [4.78, 5) is 10.6. The summed E-state index contributed by atoms with van der Waals surface area (Å²) in [5.74, 6) is 0.792. The van der Waals surface area contributed by atoms with Crippen molar-refractivity contribution in [3.05, 3.63) is 71.3 Å². The predicted octanol–water partition coefficient (Wildman–Crippen LogP) is 4.35. The highest BCUT2D eigenvalue weighted by molar-refractivity contribution is 6.66. The van der Waals surface area contributed by atoms with Crippen LogP contribution in [0.3, 0.4) is 0 Å². The molecule has 0 amide bonds. The number of hydrogen-bond donors (Lipinski definition) is 0. The number of ether oxygens (including phenoxy) is 1. The van der Waals surface area contributed by atoms with E-state index >= 15 is 0 Å². The molecule has 0 radical (unpaired) electrons. The molecule has 0 heterocycles. The van der Waals surface area contributed by atoms with E-state index in [1.54, 1.807) is 6.08 Å². The smallest absolute Gasteiger partial charge is 0.245 e. The number of carbonyl (C=O) groups excluding carboxylic acids is 1. The van der Waals surface area contributed by atoms with Gasteiger partial charge < -0.3 is 4.74 Å². The van der Waals surface area contributed by atoms with Gasteiger partial charge in [-0.1, -0.05) is 48.0 Å². The second kappa shape index (κ2) is 6.92. The normalized spacial score (nSPS) is 10.7. The van der Waals surface area contributed by atoms with Crippen LogP contribution in [0.25, 0.3) is 6.08 Å². The van der Waals surface area contributed by atoms with E-state index < -0.39 is 5.24 Å². The molecule has 0 aliphatic rings. The minimum Gasteiger partial charge on any atom is -0.489 e. The molecule has 0 atom stereocenters. The topological polar surface area (TPSA) is 26.3 Å². The van der Waals surface area contributed by atoms with E-state index in [4.69, 9.17) is 16.3 Å². The van der Waals surface area contributed by atoms with E-state index in [1.807, 2.05) is 24.3 Å². The summed E-state index contributed by atoms with van der Waals surface area (Å²) < 4.78 is 5.70. The van der Waals surface area contributed by atoms with Gasteiger partial charge in [0.15, 0.2) is 0 Å². The average Bonchev–Trinajstić information content (AvgIpc) is 2.45. The first kappa shape index (κ1) is 14.4. The second-order valence-corrected chi connectivity index (χ2v) is 4.85. The first-order valence-corrected chi connectivity index (χ1v) is 6.67. The molecule has 0 aliphatic heterocycles. The van der Waals surface area contributed by atoms with Gasteiger partial charge in [-0.05, 0) is 47.9 Å². The highest BCUT2D eigenvalue weighted by Gasteiger charge is 1.96. The zero-order valence-corrected chi connectivity index (χ0v) is 11.9. The standard InChI is InChI=1S/C17H15ClO2/c1-13-2-4-15(5-3-13)12-20-16-9-6-14(7-10-16)8-11-17(18)19/h2-11H,12H2,1H3. The van der Waals surface area contributed by atoms with Crippen LogP contribution in [-0.4, -0.2) is 5.24 Å². The number of hydrogen-bond acceptors (Lipinski definition) is 2. The van der Waals surface area contributed by atoms with Gasteiger partial charge in [-0.2, -0.15) is 0 Å². The molecule has 0 bridgehead atoms. The molecule has 0 spiro atoms. The van der Waals surface area contributed by atoms with Crippen LogP contribution in [0.15, 0.2) is 54.6 Å². The summed E-state index contributed by atoms with van der Waals surface area (Å²) in [5.41, 5.74) is 3.27. The molecule has 0 N–H and O–H groups in total. The van der Waals surface area contributed by atoms with Gasteiger partial charge in [0.1, 0.15) is 12.4 Å². The Balaban J connectivity index is 1.93. The molecular formula is C17H15ClO2. The molecule has 2 nitrogen and oxygen atoms in total. The number of carbonyl (C=O) groups is 1. The number of allylic oxidation sites excluding steroid dienone is 1. The van der Waals surface area contributed by atoms with Gasteiger partial charge in [0.2, 0.25) is 5.24 Å². The maximum Gasteiger partial charge on any atom is 0.245 e. The molecule has 0 saturated carbocycles. The molecule has 0 fully saturated rings. The van der Waals surface area contributed by atoms with Crippen molar-refractivity contribution in [2.24, 2.45) is 0 Å². The minimum atomic E-state index is -0.482. The van der Waals surface area contributed by atoms with Crippen LogP contribution in [0.2, 0.25) is 0 Å². The van der Waals surface area contributed by atoms with Gasteiger partial charge in [0, 0.05) is 0 Å². The van der Waals surface area contributed by atoms with E-state index in [2.05, 4.69) is 31.2 Å². The highest BCUT2D eigenvalue weighted by Crippen LogP contribution is 2.15. The van der Waals surface area contributed by atoms with Crippen LogP contribution >= 0.6 is 11.6 Å². The lowest BCUT2D eigenvalue weighted by atomic mass is 10.2. The van der Waals surface area contributed by atoms with Crippen LogP contribution in [0, 0.1) is 6.92 Å². The third kappa shape index (κ3) is 4.56. The molecule has 2 rings (SSSR count). The van der Waals surface area contributed by atoms with Crippen molar-refractivity contribution in [3.8, 4) is 5.75 Å². The summed E-state index contributed by atoms with van der Waals surface area (Å²) >= 11 is 5.24. The lowest BCUT2D eigenvalue weighted by Gasteiger charge is -2.06. The van der Waals surface area contributed by atoms with Crippen molar-refractivity contribution in [1.29, 1.82) is 0 Å². The Kier molecular flexibility index (Phi) is 4.97. The van der Waals surface area contributed by atoms with Gasteiger partial charge in [-0.25, -0.2) is 0 Å². The number of halogens is 1. The fraction of sp³-hybridized carbons (Fsp3) is 0.118. The molecule has 0 aliphatic carbocycles. The van der Waals surface area contributed by atoms with Crippen molar-refractivity contribution < 1.29 is 9.53 Å². The van der Waals surface area contributed by atoms with Crippen LogP contribution in [0.5, 0.6) is 5.75 Å². The third-order valence-corrected chi connectivity index (χ3v) is 2.94. The summed E-state index contributed by atoms with van der Waals surface area (Å²) in [6, 6.07) is 15.7. The number of aryl methyl sites for hydroxylation is 1. The van der Waals surface area contributed by atoms with E-state index in [1.165, 1.54) is 11.6 Å². The van der Waals surface area contributed by atoms with Crippen LogP contribution in [-0.2, 0) is 11.4 Å². The van der Waals surface area contributed by atoms with Crippen molar-refractivity contribution in [1.82, 2.24) is 0 Å². The first-order valence-electron chi connectivity index (χ1n) is 6.29. The molecule has 2 aromatic carbocycles. The van der Waals surface area contributed by atoms with Crippen molar-refractivity contribution in [3.63, 3.8) is 0 Å². The number of rotatable bonds is 5. The summed E-state index contributed by atoms with van der Waals surface area (Å²) in [6.45, 7) is 2.60. The lowest BCUT2D eigenvalue weighted by molar-refractivity contribution is -0.107. The number of benzene rings is 2. The Hall–Kier alpha value is -2.06. The predicted molar refractivity (Wildman–Crippen MR) is 81.8 cm³/mol. The Labute approximate surface area is 123 Å². The first-order chi connectivity index (χ1) is 9.63. The molecule has 20 heavy (non-hydrogen) atoms. The van der Waals surface area contributed by atoms with Gasteiger partial charge in [0.05, 0.1) is 0 Å². The Morgan fingerprint density at radius 2 is 1.75 bits per heavy atom. The summed E-state index contributed by atoms with van der Waals surface area (Å²) in [6.07, 6.45) is 2.99. The van der Waals surface area contributed by atoms with Crippen molar-refractivity contribution in [2.75, 3.05) is 0 Å². The minimum absolute atomic E-state index is 0.482. The molecule has 102 valence electrons. The molecule has 3 heteroatoms. The Morgan fingerprint density at radius 1 is 1.10 bits per heavy atom. The maximum absolute atomic E-state index is 10.6. The van der Waals surface area contributed by atoms with E-state index in [0.29, 0.717) is 6.61 Å². The van der Waals surface area contributed by atoms with Gasteiger partial charge in [-0.3, -0.25) is 4.79 Å². The third-order valence-electron chi connectivity index (χ3n) is 2.81. The largest absolute Gasteiger partial charge is 0.489 e. The summed E-state index contributed by atoms with van der Waals surface area (Å²) in [5, 5.41) is -0.482. The Bertz CT molecular complexity index is 598. The second-order valence-electron chi connectivity index (χ2n) is 4.48. The highest BCUT2D eigenvalue weighted by atomic mass is 35.5. The van der Waals surface area contributed by atoms with Crippen LogP contribution < -0.4 is 4.74 Å². The molecular weight excluding hydrogens is 272 g/mol. The zero-order chi connectivity index (χ0) is 14.4. The van der Waals surface area contributed by atoms with Gasteiger partial charge >= 0.3 is 0 Å². The van der Waals surface area contributed by atoms with E-state index in [0.717, 1.165) is 16.9 Å². The fourth-order valence-electron chi connectivity index (χ4n) is 1.69. The van der Waals surface area contributed by atoms with Crippen molar-refractivity contribution >= 4 is 22.9 Å². The molecule has 0 aromatic heterocycles. The van der Waals surface area contributed by atoms with Crippen LogP contribution in [0.4, 0.5) is 0 Å². The van der Waals surface area contributed by atoms with Crippen LogP contribution in [0.1, 0.15) is 16.7 Å². The van der Waals surface area contributed by atoms with E-state index in [9.17, 15) is 4.79 Å². The maximum atomic E-state index is 10.6. The molecule has 0 unspecified atom stereocenters. The van der Waals surface area contributed by atoms with E-state index in [-0.39, 0.29) is 0 Å². The lowest BCUT2D eigenvalue weighted by Crippen LogP contribution is -1.95.